The number of carbonyl (C=O) groups is 1. The third-order valence-electron chi connectivity index (χ3n) is 3.78. The van der Waals surface area contributed by atoms with E-state index in [2.05, 4.69) is 16.9 Å². The van der Waals surface area contributed by atoms with Crippen molar-refractivity contribution in [2.24, 2.45) is 0 Å². The van der Waals surface area contributed by atoms with E-state index in [4.69, 9.17) is 4.74 Å². The van der Waals surface area contributed by atoms with Gasteiger partial charge in [0.05, 0.1) is 10.7 Å². The highest BCUT2D eigenvalue weighted by Crippen LogP contribution is 2.23. The molecule has 1 heterocycles. The molecule has 3 rings (SSSR count). The van der Waals surface area contributed by atoms with Gasteiger partial charge in [-0.2, -0.15) is 0 Å². The van der Waals surface area contributed by atoms with Crippen molar-refractivity contribution in [1.82, 2.24) is 4.98 Å². The van der Waals surface area contributed by atoms with Crippen molar-refractivity contribution in [3.63, 3.8) is 0 Å². The highest BCUT2D eigenvalue weighted by molar-refractivity contribution is 7.14. The van der Waals surface area contributed by atoms with Gasteiger partial charge in [-0.15, -0.1) is 11.3 Å². The first-order chi connectivity index (χ1) is 13.0. The topological polar surface area (TPSA) is 51.2 Å². The molecule has 0 aliphatic carbocycles. The normalized spacial score (nSPS) is 10.4. The van der Waals surface area contributed by atoms with Gasteiger partial charge in [-0.1, -0.05) is 30.9 Å². The van der Waals surface area contributed by atoms with Crippen LogP contribution in [0, 0.1) is 12.7 Å². The molecule has 6 heteroatoms. The Morgan fingerprint density at radius 3 is 2.81 bits per heavy atom. The van der Waals surface area contributed by atoms with E-state index in [1.54, 1.807) is 30.3 Å². The van der Waals surface area contributed by atoms with Crippen LogP contribution in [-0.4, -0.2) is 17.5 Å². The minimum atomic E-state index is -0.270. The van der Waals surface area contributed by atoms with E-state index in [1.165, 1.54) is 23.5 Å². The standard InChI is InChI=1S/C21H19FN2O2S/c1-3-11-26-18-6-4-5-17(13-18)24-21(25)20-14(2)23-19(27-20)12-15-7-9-16(22)10-8-15/h3-10,13H,1,11-12H2,2H3,(H,24,25). The highest BCUT2D eigenvalue weighted by atomic mass is 32.1. The molecular formula is C21H19FN2O2S. The number of nitrogens with zero attached hydrogens (tertiary/aromatic N) is 1. The number of hydrogen-bond donors (Lipinski definition) is 1. The predicted molar refractivity (Wildman–Crippen MR) is 106 cm³/mol. The molecule has 0 atom stereocenters. The Labute approximate surface area is 161 Å². The predicted octanol–water partition coefficient (Wildman–Crippen LogP) is 5.00. The van der Waals surface area contributed by atoms with E-state index >= 15 is 0 Å². The minimum absolute atomic E-state index is 0.212. The van der Waals surface area contributed by atoms with Crippen LogP contribution in [0.3, 0.4) is 0 Å². The molecule has 0 saturated heterocycles. The average molecular weight is 382 g/mol. The zero-order chi connectivity index (χ0) is 19.2. The zero-order valence-corrected chi connectivity index (χ0v) is 15.7. The summed E-state index contributed by atoms with van der Waals surface area (Å²) in [6.45, 7) is 5.82. The lowest BCUT2D eigenvalue weighted by molar-refractivity contribution is 0.103. The van der Waals surface area contributed by atoms with Crippen molar-refractivity contribution in [2.75, 3.05) is 11.9 Å². The van der Waals surface area contributed by atoms with Crippen LogP contribution in [0.5, 0.6) is 5.75 Å². The first kappa shape index (κ1) is 18.8. The quantitative estimate of drug-likeness (QED) is 0.585. The van der Waals surface area contributed by atoms with Crippen LogP contribution in [0.2, 0.25) is 0 Å². The second kappa shape index (κ2) is 8.60. The molecule has 1 amide bonds. The molecule has 27 heavy (non-hydrogen) atoms. The molecule has 138 valence electrons. The van der Waals surface area contributed by atoms with Crippen molar-refractivity contribution < 1.29 is 13.9 Å². The molecule has 0 aliphatic rings. The molecule has 0 aliphatic heterocycles. The maximum Gasteiger partial charge on any atom is 0.267 e. The Bertz CT molecular complexity index is 951. The van der Waals surface area contributed by atoms with Crippen LogP contribution >= 0.6 is 11.3 Å². The van der Waals surface area contributed by atoms with Gasteiger partial charge in [0.2, 0.25) is 0 Å². The summed E-state index contributed by atoms with van der Waals surface area (Å²) in [6.07, 6.45) is 2.22. The van der Waals surface area contributed by atoms with E-state index in [9.17, 15) is 9.18 Å². The first-order valence-electron chi connectivity index (χ1n) is 8.41. The molecule has 0 spiro atoms. The number of nitrogens with one attached hydrogen (secondary N) is 1. The summed E-state index contributed by atoms with van der Waals surface area (Å²) in [6, 6.07) is 13.5. The fourth-order valence-electron chi connectivity index (χ4n) is 2.52. The fourth-order valence-corrected chi connectivity index (χ4v) is 3.52. The largest absolute Gasteiger partial charge is 0.489 e. The Balaban J connectivity index is 1.71. The van der Waals surface area contributed by atoms with Crippen LogP contribution in [0.25, 0.3) is 0 Å². The maximum atomic E-state index is 13.0. The lowest BCUT2D eigenvalue weighted by atomic mass is 10.1. The van der Waals surface area contributed by atoms with Crippen LogP contribution in [0.15, 0.2) is 61.2 Å². The van der Waals surface area contributed by atoms with Crippen LogP contribution in [0.1, 0.15) is 25.9 Å². The molecule has 3 aromatic rings. The van der Waals surface area contributed by atoms with E-state index in [0.29, 0.717) is 35.0 Å². The number of benzene rings is 2. The van der Waals surface area contributed by atoms with Crippen LogP contribution in [-0.2, 0) is 6.42 Å². The number of hydrogen-bond acceptors (Lipinski definition) is 4. The minimum Gasteiger partial charge on any atom is -0.489 e. The second-order valence-electron chi connectivity index (χ2n) is 5.91. The smallest absolute Gasteiger partial charge is 0.267 e. The number of anilines is 1. The fraction of sp³-hybridized carbons (Fsp3) is 0.143. The van der Waals surface area contributed by atoms with Gasteiger partial charge >= 0.3 is 0 Å². The number of ether oxygens (including phenoxy) is 1. The Kier molecular flexibility index (Phi) is 5.98. The van der Waals surface area contributed by atoms with Gasteiger partial charge in [0, 0.05) is 18.2 Å². The lowest BCUT2D eigenvalue weighted by Gasteiger charge is -2.07. The number of halogens is 1. The molecule has 0 unspecified atom stereocenters. The first-order valence-corrected chi connectivity index (χ1v) is 9.22. The summed E-state index contributed by atoms with van der Waals surface area (Å²) < 4.78 is 18.5. The van der Waals surface area contributed by atoms with Crippen molar-refractivity contribution in [3.05, 3.63) is 88.1 Å². The average Bonchev–Trinajstić information content (AvgIpc) is 3.02. The number of aromatic nitrogens is 1. The van der Waals surface area contributed by atoms with Gasteiger partial charge < -0.3 is 10.1 Å². The number of aryl methyl sites for hydroxylation is 1. The van der Waals surface area contributed by atoms with E-state index in [-0.39, 0.29) is 11.7 Å². The number of thiazole rings is 1. The summed E-state index contributed by atoms with van der Waals surface area (Å²) >= 11 is 1.34. The monoisotopic (exact) mass is 382 g/mol. The zero-order valence-electron chi connectivity index (χ0n) is 14.9. The van der Waals surface area contributed by atoms with Crippen molar-refractivity contribution >= 4 is 22.9 Å². The molecular weight excluding hydrogens is 363 g/mol. The van der Waals surface area contributed by atoms with Crippen LogP contribution in [0.4, 0.5) is 10.1 Å². The van der Waals surface area contributed by atoms with Crippen molar-refractivity contribution in [1.29, 1.82) is 0 Å². The van der Waals surface area contributed by atoms with E-state index < -0.39 is 0 Å². The van der Waals surface area contributed by atoms with Gasteiger partial charge in [-0.3, -0.25) is 4.79 Å². The molecule has 1 N–H and O–H groups in total. The molecule has 1 aromatic heterocycles. The molecule has 2 aromatic carbocycles. The second-order valence-corrected chi connectivity index (χ2v) is 6.99. The van der Waals surface area contributed by atoms with Crippen LogP contribution < -0.4 is 10.1 Å². The van der Waals surface area contributed by atoms with Gasteiger partial charge in [0.25, 0.3) is 5.91 Å². The van der Waals surface area contributed by atoms with Gasteiger partial charge in [0.1, 0.15) is 23.1 Å². The van der Waals surface area contributed by atoms with Gasteiger partial charge in [-0.25, -0.2) is 9.37 Å². The van der Waals surface area contributed by atoms with Gasteiger partial charge in [-0.05, 0) is 36.8 Å². The maximum absolute atomic E-state index is 13.0. The third kappa shape index (κ3) is 5.01. The molecule has 0 saturated carbocycles. The lowest BCUT2D eigenvalue weighted by Crippen LogP contribution is -2.11. The van der Waals surface area contributed by atoms with E-state index in [0.717, 1.165) is 10.6 Å². The number of amides is 1. The van der Waals surface area contributed by atoms with Crippen molar-refractivity contribution in [3.8, 4) is 5.75 Å². The SMILES string of the molecule is C=CCOc1cccc(NC(=O)c2sc(Cc3ccc(F)cc3)nc2C)c1. The third-order valence-corrected chi connectivity index (χ3v) is 4.93. The molecule has 0 bridgehead atoms. The van der Waals surface area contributed by atoms with Crippen molar-refractivity contribution in [2.45, 2.75) is 13.3 Å². The number of carbonyl (C=O) groups excluding carboxylic acids is 1. The van der Waals surface area contributed by atoms with Gasteiger partial charge in [0.15, 0.2) is 0 Å². The Hall–Kier alpha value is -2.99. The summed E-state index contributed by atoms with van der Waals surface area (Å²) in [7, 11) is 0. The molecule has 0 fully saturated rings. The summed E-state index contributed by atoms with van der Waals surface area (Å²) in [4.78, 5) is 17.7. The highest BCUT2D eigenvalue weighted by Gasteiger charge is 2.16. The summed E-state index contributed by atoms with van der Waals surface area (Å²) in [5.41, 5.74) is 2.27. The summed E-state index contributed by atoms with van der Waals surface area (Å²) in [5.74, 6) is 0.176. The number of rotatable bonds is 7. The Morgan fingerprint density at radius 2 is 2.07 bits per heavy atom. The summed E-state index contributed by atoms with van der Waals surface area (Å²) in [5, 5.41) is 3.69. The molecule has 0 radical (unpaired) electrons. The molecule has 4 nitrogen and oxygen atoms in total. The Morgan fingerprint density at radius 1 is 1.30 bits per heavy atom. The van der Waals surface area contributed by atoms with E-state index in [1.807, 2.05) is 19.1 Å².